The van der Waals surface area contributed by atoms with Crippen LogP contribution in [0.1, 0.15) is 0 Å². The molecule has 2 N–H and O–H groups in total. The normalized spacial score (nSPS) is 9.75. The summed E-state index contributed by atoms with van der Waals surface area (Å²) in [4.78, 5) is 7.97. The van der Waals surface area contributed by atoms with Gasteiger partial charge in [0.25, 0.3) is 0 Å². The van der Waals surface area contributed by atoms with Gasteiger partial charge in [-0.05, 0) is 13.2 Å². The van der Waals surface area contributed by atoms with Crippen molar-refractivity contribution in [3.05, 3.63) is 18.5 Å². The third-order valence-corrected chi connectivity index (χ3v) is 1.65. The largest absolute Gasteiger partial charge is 0.391 e. The van der Waals surface area contributed by atoms with Gasteiger partial charge in [-0.15, -0.1) is 0 Å². The maximum atomic E-state index is 5.56. The average molecular weight is 236 g/mol. The zero-order chi connectivity index (χ0) is 7.84. The summed E-state index contributed by atoms with van der Waals surface area (Å²) in [5, 5.41) is 0. The predicted octanol–water partition coefficient (Wildman–Crippen LogP) is 0.348. The number of rotatable bonds is 0. The molecule has 1 radical (unpaired) electrons. The first-order valence-corrected chi connectivity index (χ1v) is 3.22. The number of anilines is 1. The van der Waals surface area contributed by atoms with E-state index in [0.29, 0.717) is 5.95 Å². The topological polar surface area (TPSA) is 56.7 Å². The second-order valence-corrected chi connectivity index (χ2v) is 2.31. The smallest absolute Gasteiger partial charge is 0.181 e. The summed E-state index contributed by atoms with van der Waals surface area (Å²) in [6, 6.07) is 2.89. The number of fused-ring (bicyclic) bond motifs is 1. The molecule has 0 aliphatic rings. The molecule has 0 aromatic carbocycles. The fourth-order valence-corrected chi connectivity index (χ4v) is 0.989. The van der Waals surface area contributed by atoms with Crippen molar-refractivity contribution in [2.75, 3.05) is 5.73 Å². The predicted molar refractivity (Wildman–Crippen MR) is 41.8 cm³/mol. The van der Waals surface area contributed by atoms with Crippen molar-refractivity contribution in [1.82, 2.24) is 14.5 Å². The van der Waals surface area contributed by atoms with Gasteiger partial charge in [0.05, 0.1) is 0 Å². The van der Waals surface area contributed by atoms with Gasteiger partial charge in [-0.1, -0.05) is 17.2 Å². The molecule has 4 nitrogen and oxygen atoms in total. The zero-order valence-electron chi connectivity index (χ0n) is 6.65. The van der Waals surface area contributed by atoms with Crippen LogP contribution in [0.15, 0.2) is 12.4 Å². The first-order chi connectivity index (χ1) is 5.29. The number of nitrogen functional groups attached to an aromatic ring is 1. The molecular formula is C7H7N4Y-. The van der Waals surface area contributed by atoms with Gasteiger partial charge in [0, 0.05) is 32.7 Å². The summed E-state index contributed by atoms with van der Waals surface area (Å²) in [7, 11) is 1.85. The van der Waals surface area contributed by atoms with Crippen LogP contribution >= 0.6 is 0 Å². The molecule has 5 heteroatoms. The number of imidazole rings is 1. The molecule has 2 heterocycles. The SMILES string of the molecule is Cn1c(N)nc2[c-]cncc21.[Y]. The van der Waals surface area contributed by atoms with Gasteiger partial charge in [0.2, 0.25) is 0 Å². The van der Waals surface area contributed by atoms with Crippen molar-refractivity contribution in [3.8, 4) is 0 Å². The summed E-state index contributed by atoms with van der Waals surface area (Å²) < 4.78 is 1.78. The minimum Gasteiger partial charge on any atom is -0.391 e. The van der Waals surface area contributed by atoms with E-state index >= 15 is 0 Å². The Labute approximate surface area is 95.1 Å². The Morgan fingerprint density at radius 1 is 1.58 bits per heavy atom. The molecule has 0 aliphatic carbocycles. The van der Waals surface area contributed by atoms with Crippen LogP contribution in [0.3, 0.4) is 0 Å². The van der Waals surface area contributed by atoms with Crippen molar-refractivity contribution >= 4 is 17.0 Å². The van der Waals surface area contributed by atoms with Gasteiger partial charge in [-0.2, -0.15) is 0 Å². The van der Waals surface area contributed by atoms with Crippen molar-refractivity contribution in [1.29, 1.82) is 0 Å². The van der Waals surface area contributed by atoms with E-state index in [9.17, 15) is 0 Å². The number of hydrogen-bond donors (Lipinski definition) is 1. The first-order valence-electron chi connectivity index (χ1n) is 3.22. The van der Waals surface area contributed by atoms with E-state index in [1.165, 1.54) is 0 Å². The molecule has 0 saturated heterocycles. The van der Waals surface area contributed by atoms with Crippen molar-refractivity contribution in [2.24, 2.45) is 7.05 Å². The fourth-order valence-electron chi connectivity index (χ4n) is 0.989. The first kappa shape index (κ1) is 9.61. The molecule has 0 saturated carbocycles. The Bertz CT molecular complexity index is 395. The second kappa shape index (κ2) is 3.50. The minimum atomic E-state index is 0. The molecule has 0 amide bonds. The number of aromatic nitrogens is 3. The van der Waals surface area contributed by atoms with E-state index < -0.39 is 0 Å². The molecule has 0 atom stereocenters. The fraction of sp³-hybridized carbons (Fsp3) is 0.143. The van der Waals surface area contributed by atoms with Crippen LogP contribution in [0.5, 0.6) is 0 Å². The molecule has 12 heavy (non-hydrogen) atoms. The van der Waals surface area contributed by atoms with E-state index in [-0.39, 0.29) is 32.7 Å². The van der Waals surface area contributed by atoms with Gasteiger partial charge >= 0.3 is 0 Å². The number of hydrogen-bond acceptors (Lipinski definition) is 3. The van der Waals surface area contributed by atoms with E-state index in [1.807, 2.05) is 7.05 Å². The Kier molecular flexibility index (Phi) is 2.80. The Balaban J connectivity index is 0.000000720. The molecule has 2 aromatic heterocycles. The van der Waals surface area contributed by atoms with Gasteiger partial charge in [-0.25, -0.2) is 6.07 Å². The Morgan fingerprint density at radius 3 is 3.00 bits per heavy atom. The Morgan fingerprint density at radius 2 is 2.33 bits per heavy atom. The van der Waals surface area contributed by atoms with Crippen LogP contribution in [0.25, 0.3) is 11.0 Å². The zero-order valence-corrected chi connectivity index (χ0v) is 9.49. The van der Waals surface area contributed by atoms with Gasteiger partial charge in [0.1, 0.15) is 0 Å². The monoisotopic (exact) mass is 236 g/mol. The molecule has 0 fully saturated rings. The molecule has 2 aromatic rings. The third-order valence-electron chi connectivity index (χ3n) is 1.65. The van der Waals surface area contributed by atoms with E-state index in [2.05, 4.69) is 16.0 Å². The molecule has 59 valence electrons. The van der Waals surface area contributed by atoms with Crippen LogP contribution in [-0.2, 0) is 39.8 Å². The summed E-state index contributed by atoms with van der Waals surface area (Å²) in [6.07, 6.45) is 3.30. The van der Waals surface area contributed by atoms with E-state index in [0.717, 1.165) is 11.0 Å². The number of nitrogens with zero attached hydrogens (tertiary/aromatic N) is 3. The molecule has 2 rings (SSSR count). The average Bonchev–Trinajstić information content (AvgIpc) is 2.30. The third kappa shape index (κ3) is 1.36. The quantitative estimate of drug-likeness (QED) is 0.671. The molecular weight excluding hydrogens is 229 g/mol. The van der Waals surface area contributed by atoms with Gasteiger partial charge < -0.3 is 15.3 Å². The van der Waals surface area contributed by atoms with Crippen molar-refractivity contribution in [2.45, 2.75) is 0 Å². The summed E-state index contributed by atoms with van der Waals surface area (Å²) in [6.45, 7) is 0. The molecule has 0 aliphatic heterocycles. The maximum absolute atomic E-state index is 5.56. The number of aryl methyl sites for hydroxylation is 1. The van der Waals surface area contributed by atoms with Crippen LogP contribution in [0.4, 0.5) is 5.95 Å². The van der Waals surface area contributed by atoms with Crippen LogP contribution < -0.4 is 5.73 Å². The van der Waals surface area contributed by atoms with Crippen molar-refractivity contribution < 1.29 is 32.7 Å². The van der Waals surface area contributed by atoms with Gasteiger partial charge in [-0.3, -0.25) is 4.98 Å². The standard InChI is InChI=1S/C7H7N4.Y/c1-11-6-4-9-3-2-5(6)10-7(11)8;/h3-4H,1H3,(H2,8,10);/q-1;. The molecule has 0 bridgehead atoms. The van der Waals surface area contributed by atoms with Crippen LogP contribution in [-0.4, -0.2) is 14.5 Å². The van der Waals surface area contributed by atoms with Crippen LogP contribution in [0.2, 0.25) is 0 Å². The summed E-state index contributed by atoms with van der Waals surface area (Å²) in [5.41, 5.74) is 7.23. The number of pyridine rings is 1. The van der Waals surface area contributed by atoms with Crippen molar-refractivity contribution in [3.63, 3.8) is 0 Å². The maximum Gasteiger partial charge on any atom is 0.181 e. The Hall–Kier alpha value is -0.476. The summed E-state index contributed by atoms with van der Waals surface area (Å²) in [5.74, 6) is 0.490. The van der Waals surface area contributed by atoms with E-state index in [4.69, 9.17) is 5.73 Å². The second-order valence-electron chi connectivity index (χ2n) is 2.31. The molecule has 0 unspecified atom stereocenters. The minimum absolute atomic E-state index is 0. The molecule has 0 spiro atoms. The van der Waals surface area contributed by atoms with Crippen LogP contribution in [0, 0.1) is 6.07 Å². The van der Waals surface area contributed by atoms with Gasteiger partial charge in [0.15, 0.2) is 5.95 Å². The van der Waals surface area contributed by atoms with E-state index in [1.54, 1.807) is 17.0 Å². The number of nitrogens with two attached hydrogens (primary N) is 1. The summed E-state index contributed by atoms with van der Waals surface area (Å²) >= 11 is 0.